The number of methoxy groups -OCH3 is 1. The summed E-state index contributed by atoms with van der Waals surface area (Å²) in [5, 5.41) is 9.60. The quantitative estimate of drug-likeness (QED) is 0.722. The van der Waals surface area contributed by atoms with Gasteiger partial charge in [0.1, 0.15) is 18.2 Å². The van der Waals surface area contributed by atoms with Gasteiger partial charge in [-0.15, -0.1) is 0 Å². The molecule has 0 aliphatic carbocycles. The predicted molar refractivity (Wildman–Crippen MR) is 97.4 cm³/mol. The number of carbonyl (C=O) groups excluding carboxylic acids is 1. The van der Waals surface area contributed by atoms with Crippen LogP contribution in [0, 0.1) is 5.82 Å². The maximum absolute atomic E-state index is 14.0. The van der Waals surface area contributed by atoms with Gasteiger partial charge in [-0.3, -0.25) is 9.89 Å². The molecule has 4 rings (SSSR count). The van der Waals surface area contributed by atoms with Gasteiger partial charge in [-0.1, -0.05) is 30.3 Å². The van der Waals surface area contributed by atoms with E-state index in [1.165, 1.54) is 6.07 Å². The topological polar surface area (TPSA) is 76.2 Å². The van der Waals surface area contributed by atoms with E-state index in [0.717, 1.165) is 11.1 Å². The van der Waals surface area contributed by atoms with Crippen molar-refractivity contribution in [2.24, 2.45) is 0 Å². The van der Waals surface area contributed by atoms with Crippen molar-refractivity contribution in [2.75, 3.05) is 12.4 Å². The number of anilines is 1. The number of aromatic nitrogens is 2. The smallest absolute Gasteiger partial charge is 0.226 e. The van der Waals surface area contributed by atoms with Crippen LogP contribution in [0.2, 0.25) is 0 Å². The van der Waals surface area contributed by atoms with Crippen molar-refractivity contribution in [3.63, 3.8) is 0 Å². The minimum atomic E-state index is -0.330. The van der Waals surface area contributed by atoms with E-state index >= 15 is 0 Å². The summed E-state index contributed by atoms with van der Waals surface area (Å²) in [6.07, 6.45) is 1.95. The van der Waals surface area contributed by atoms with Crippen molar-refractivity contribution in [3.05, 3.63) is 71.2 Å². The number of hydrogen-bond donors (Lipinski definition) is 2. The Labute approximate surface area is 155 Å². The van der Waals surface area contributed by atoms with Gasteiger partial charge >= 0.3 is 0 Å². The third-order valence-electron chi connectivity index (χ3n) is 4.63. The van der Waals surface area contributed by atoms with Crippen molar-refractivity contribution in [3.8, 4) is 11.5 Å². The summed E-state index contributed by atoms with van der Waals surface area (Å²) in [4.78, 5) is 12.1. The molecule has 6 nitrogen and oxygen atoms in total. The normalized spacial score (nSPS) is 15.8. The number of benzene rings is 2. The zero-order chi connectivity index (χ0) is 18.8. The zero-order valence-corrected chi connectivity index (χ0v) is 14.7. The molecule has 27 heavy (non-hydrogen) atoms. The first-order valence-electron chi connectivity index (χ1n) is 8.53. The van der Waals surface area contributed by atoms with E-state index in [1.54, 1.807) is 37.6 Å². The number of halogens is 1. The third kappa shape index (κ3) is 3.23. The van der Waals surface area contributed by atoms with Crippen molar-refractivity contribution >= 4 is 11.7 Å². The third-order valence-corrected chi connectivity index (χ3v) is 4.63. The Morgan fingerprint density at radius 3 is 2.85 bits per heavy atom. The second kappa shape index (κ2) is 7.11. The van der Waals surface area contributed by atoms with Gasteiger partial charge in [0.2, 0.25) is 5.91 Å². The first kappa shape index (κ1) is 17.1. The van der Waals surface area contributed by atoms with Crippen LogP contribution in [0.5, 0.6) is 11.5 Å². The van der Waals surface area contributed by atoms with Crippen LogP contribution in [0.4, 0.5) is 10.2 Å². The van der Waals surface area contributed by atoms with Gasteiger partial charge in [0.15, 0.2) is 11.5 Å². The summed E-state index contributed by atoms with van der Waals surface area (Å²) in [5.74, 6) is 0.926. The number of hydrogen-bond acceptors (Lipinski definition) is 4. The summed E-state index contributed by atoms with van der Waals surface area (Å²) >= 11 is 0. The van der Waals surface area contributed by atoms with E-state index in [9.17, 15) is 9.18 Å². The van der Waals surface area contributed by atoms with E-state index in [-0.39, 0.29) is 30.7 Å². The Morgan fingerprint density at radius 1 is 1.19 bits per heavy atom. The molecule has 7 heteroatoms. The summed E-state index contributed by atoms with van der Waals surface area (Å²) in [7, 11) is 1.55. The number of H-pyrrole nitrogens is 1. The molecular weight excluding hydrogens is 349 g/mol. The summed E-state index contributed by atoms with van der Waals surface area (Å²) in [6.45, 7) is 0.0528. The summed E-state index contributed by atoms with van der Waals surface area (Å²) in [5.41, 5.74) is 2.11. The van der Waals surface area contributed by atoms with Crippen LogP contribution in [-0.4, -0.2) is 23.2 Å². The number of fused-ring (bicyclic) bond motifs is 1. The van der Waals surface area contributed by atoms with Crippen LogP contribution in [-0.2, 0) is 11.4 Å². The fourth-order valence-corrected chi connectivity index (χ4v) is 3.31. The molecule has 2 N–H and O–H groups in total. The minimum Gasteiger partial charge on any atom is -0.493 e. The SMILES string of the molecule is COc1cccc(C2CC(=O)Nc3[nH]ncc32)c1OCc1ccccc1F. The molecule has 2 heterocycles. The van der Waals surface area contributed by atoms with E-state index in [1.807, 2.05) is 12.1 Å². The highest BCUT2D eigenvalue weighted by Crippen LogP contribution is 2.43. The number of rotatable bonds is 5. The number of ether oxygens (including phenoxy) is 2. The van der Waals surface area contributed by atoms with Crippen LogP contribution in [0.1, 0.15) is 29.0 Å². The molecule has 0 fully saturated rings. The molecule has 0 saturated carbocycles. The number of carbonyl (C=O) groups is 1. The van der Waals surface area contributed by atoms with Crippen LogP contribution in [0.15, 0.2) is 48.7 Å². The Bertz CT molecular complexity index is 986. The number of amides is 1. The molecule has 1 aliphatic heterocycles. The van der Waals surface area contributed by atoms with Gasteiger partial charge in [-0.25, -0.2) is 4.39 Å². The lowest BCUT2D eigenvalue weighted by atomic mass is 9.86. The molecule has 2 aromatic carbocycles. The van der Waals surface area contributed by atoms with Crippen molar-refractivity contribution < 1.29 is 18.7 Å². The molecule has 1 aromatic heterocycles. The van der Waals surface area contributed by atoms with E-state index in [4.69, 9.17) is 9.47 Å². The largest absolute Gasteiger partial charge is 0.493 e. The molecule has 1 unspecified atom stereocenters. The second-order valence-electron chi connectivity index (χ2n) is 6.26. The molecule has 138 valence electrons. The molecule has 0 radical (unpaired) electrons. The maximum Gasteiger partial charge on any atom is 0.226 e. The minimum absolute atomic E-state index is 0.0528. The highest BCUT2D eigenvalue weighted by atomic mass is 19.1. The van der Waals surface area contributed by atoms with Gasteiger partial charge in [0.05, 0.1) is 13.3 Å². The highest BCUT2D eigenvalue weighted by molar-refractivity contribution is 5.94. The first-order chi connectivity index (χ1) is 13.2. The van der Waals surface area contributed by atoms with Gasteiger partial charge in [-0.05, 0) is 12.1 Å². The lowest BCUT2D eigenvalue weighted by Gasteiger charge is -2.25. The van der Waals surface area contributed by atoms with E-state index in [0.29, 0.717) is 22.9 Å². The standard InChI is InChI=1S/C20H18FN3O3/c1-26-17-8-4-6-13(14-9-18(25)23-20-15(14)10-22-24-20)19(17)27-11-12-5-2-3-7-16(12)21/h2-8,10,14H,9,11H2,1H3,(H2,22,23,24,25). The molecule has 0 spiro atoms. The van der Waals surface area contributed by atoms with E-state index < -0.39 is 0 Å². The monoisotopic (exact) mass is 367 g/mol. The van der Waals surface area contributed by atoms with E-state index in [2.05, 4.69) is 15.5 Å². The number of aromatic amines is 1. The summed E-state index contributed by atoms with van der Waals surface area (Å²) in [6, 6.07) is 12.0. The molecule has 1 aliphatic rings. The Morgan fingerprint density at radius 2 is 2.04 bits per heavy atom. The lowest BCUT2D eigenvalue weighted by Crippen LogP contribution is -2.23. The van der Waals surface area contributed by atoms with Crippen LogP contribution in [0.25, 0.3) is 0 Å². The molecule has 1 atom stereocenters. The van der Waals surface area contributed by atoms with Gasteiger partial charge < -0.3 is 14.8 Å². The molecule has 1 amide bonds. The molecular formula is C20H18FN3O3. The lowest BCUT2D eigenvalue weighted by molar-refractivity contribution is -0.116. The average Bonchev–Trinajstić information content (AvgIpc) is 3.15. The number of para-hydroxylation sites is 1. The first-order valence-corrected chi connectivity index (χ1v) is 8.53. The number of nitrogens with zero attached hydrogens (tertiary/aromatic N) is 1. The second-order valence-corrected chi connectivity index (χ2v) is 6.26. The molecule has 3 aromatic rings. The predicted octanol–water partition coefficient (Wildman–Crippen LogP) is 3.61. The van der Waals surface area contributed by atoms with Crippen LogP contribution < -0.4 is 14.8 Å². The fourth-order valence-electron chi connectivity index (χ4n) is 3.31. The average molecular weight is 367 g/mol. The number of nitrogens with one attached hydrogen (secondary N) is 2. The highest BCUT2D eigenvalue weighted by Gasteiger charge is 2.31. The van der Waals surface area contributed by atoms with Crippen LogP contribution in [0.3, 0.4) is 0 Å². The molecule has 0 saturated heterocycles. The van der Waals surface area contributed by atoms with Gasteiger partial charge in [0.25, 0.3) is 0 Å². The fraction of sp³-hybridized carbons (Fsp3) is 0.200. The van der Waals surface area contributed by atoms with Crippen molar-refractivity contribution in [1.29, 1.82) is 0 Å². The van der Waals surface area contributed by atoms with Crippen molar-refractivity contribution in [1.82, 2.24) is 10.2 Å². The molecule has 0 bridgehead atoms. The maximum atomic E-state index is 14.0. The Kier molecular flexibility index (Phi) is 4.50. The van der Waals surface area contributed by atoms with Gasteiger partial charge in [-0.2, -0.15) is 5.10 Å². The zero-order valence-electron chi connectivity index (χ0n) is 14.7. The van der Waals surface area contributed by atoms with Crippen LogP contribution >= 0.6 is 0 Å². The Hall–Kier alpha value is -3.35. The van der Waals surface area contributed by atoms with Gasteiger partial charge in [0, 0.05) is 29.0 Å². The van der Waals surface area contributed by atoms with Crippen molar-refractivity contribution in [2.45, 2.75) is 18.9 Å². The summed E-state index contributed by atoms with van der Waals surface area (Å²) < 4.78 is 25.4. The Balaban J connectivity index is 1.72.